The molecule has 1 aromatic carbocycles. The summed E-state index contributed by atoms with van der Waals surface area (Å²) in [6.07, 6.45) is 4.02. The second kappa shape index (κ2) is 7.44. The van der Waals surface area contributed by atoms with Crippen molar-refractivity contribution < 1.29 is 4.74 Å². The van der Waals surface area contributed by atoms with Gasteiger partial charge in [0, 0.05) is 18.0 Å². The van der Waals surface area contributed by atoms with Crippen LogP contribution in [-0.4, -0.2) is 28.7 Å². The molecular weight excluding hydrogens is 314 g/mol. The molecule has 0 unspecified atom stereocenters. The first-order chi connectivity index (χ1) is 10.7. The van der Waals surface area contributed by atoms with E-state index >= 15 is 0 Å². The van der Waals surface area contributed by atoms with Gasteiger partial charge in [0.1, 0.15) is 0 Å². The quantitative estimate of drug-likeness (QED) is 0.812. The standard InChI is InChI=1S/C16H21N3OS2/c1-11-6-7-14(12(2)9-11)17-15-18-19-16(22-15)21-10-13-5-3-4-8-20-13/h6-7,9,13H,3-5,8,10H2,1-2H3,(H,17,18)/t13-/m0/s1. The number of hydrogen-bond acceptors (Lipinski definition) is 6. The summed E-state index contributed by atoms with van der Waals surface area (Å²) < 4.78 is 6.75. The molecule has 1 atom stereocenters. The first kappa shape index (κ1) is 15.8. The van der Waals surface area contributed by atoms with Gasteiger partial charge in [0.05, 0.1) is 6.10 Å². The Bertz CT molecular complexity index is 624. The third-order valence-electron chi connectivity index (χ3n) is 3.70. The molecule has 2 aromatic rings. The van der Waals surface area contributed by atoms with E-state index in [0.717, 1.165) is 27.5 Å². The van der Waals surface area contributed by atoms with Gasteiger partial charge in [-0.15, -0.1) is 10.2 Å². The van der Waals surface area contributed by atoms with Crippen molar-refractivity contribution in [1.29, 1.82) is 0 Å². The number of rotatable bonds is 5. The number of thioether (sulfide) groups is 1. The van der Waals surface area contributed by atoms with Crippen LogP contribution in [0.15, 0.2) is 22.5 Å². The van der Waals surface area contributed by atoms with E-state index in [0.29, 0.717) is 6.10 Å². The van der Waals surface area contributed by atoms with E-state index in [1.807, 2.05) is 0 Å². The van der Waals surface area contributed by atoms with Crippen LogP contribution in [0.3, 0.4) is 0 Å². The lowest BCUT2D eigenvalue weighted by atomic mass is 10.1. The van der Waals surface area contributed by atoms with Crippen molar-refractivity contribution in [3.8, 4) is 0 Å². The van der Waals surface area contributed by atoms with Crippen LogP contribution in [0, 0.1) is 13.8 Å². The number of nitrogens with zero attached hydrogens (tertiary/aromatic N) is 2. The highest BCUT2D eigenvalue weighted by molar-refractivity contribution is 8.01. The van der Waals surface area contributed by atoms with E-state index in [1.165, 1.54) is 30.4 Å². The fourth-order valence-corrected chi connectivity index (χ4v) is 4.35. The first-order valence-electron chi connectivity index (χ1n) is 7.63. The molecule has 118 valence electrons. The third kappa shape index (κ3) is 4.21. The van der Waals surface area contributed by atoms with Crippen molar-refractivity contribution in [1.82, 2.24) is 10.2 Å². The number of aryl methyl sites for hydroxylation is 2. The van der Waals surface area contributed by atoms with Crippen LogP contribution >= 0.6 is 23.1 Å². The van der Waals surface area contributed by atoms with Gasteiger partial charge in [0.25, 0.3) is 0 Å². The molecular formula is C16H21N3OS2. The molecule has 1 aromatic heterocycles. The summed E-state index contributed by atoms with van der Waals surface area (Å²) in [5, 5.41) is 12.7. The lowest BCUT2D eigenvalue weighted by molar-refractivity contribution is 0.0315. The maximum absolute atomic E-state index is 5.75. The van der Waals surface area contributed by atoms with Gasteiger partial charge < -0.3 is 10.1 Å². The van der Waals surface area contributed by atoms with Crippen LogP contribution in [0.25, 0.3) is 0 Å². The molecule has 6 heteroatoms. The van der Waals surface area contributed by atoms with Crippen molar-refractivity contribution in [3.63, 3.8) is 0 Å². The highest BCUT2D eigenvalue weighted by atomic mass is 32.2. The second-order valence-corrected chi connectivity index (χ2v) is 7.86. The molecule has 1 aliphatic rings. The molecule has 3 rings (SSSR count). The van der Waals surface area contributed by atoms with Crippen molar-refractivity contribution in [3.05, 3.63) is 29.3 Å². The maximum Gasteiger partial charge on any atom is 0.210 e. The van der Waals surface area contributed by atoms with Gasteiger partial charge >= 0.3 is 0 Å². The van der Waals surface area contributed by atoms with Crippen LogP contribution in [0.2, 0.25) is 0 Å². The molecule has 0 bridgehead atoms. The molecule has 4 nitrogen and oxygen atoms in total. The van der Waals surface area contributed by atoms with Crippen LogP contribution < -0.4 is 5.32 Å². The molecule has 1 saturated heterocycles. The fourth-order valence-electron chi connectivity index (χ4n) is 2.49. The zero-order chi connectivity index (χ0) is 15.4. The number of ether oxygens (including phenoxy) is 1. The van der Waals surface area contributed by atoms with Gasteiger partial charge in [-0.2, -0.15) is 0 Å². The number of benzene rings is 1. The highest BCUT2D eigenvalue weighted by Crippen LogP contribution is 2.30. The minimum absolute atomic E-state index is 0.374. The lowest BCUT2D eigenvalue weighted by Crippen LogP contribution is -2.21. The third-order valence-corrected chi connectivity index (χ3v) is 5.80. The number of hydrogen-bond donors (Lipinski definition) is 1. The van der Waals surface area contributed by atoms with E-state index in [9.17, 15) is 0 Å². The van der Waals surface area contributed by atoms with Gasteiger partial charge in [-0.25, -0.2) is 0 Å². The predicted molar refractivity (Wildman–Crippen MR) is 93.4 cm³/mol. The molecule has 2 heterocycles. The Balaban J connectivity index is 1.56. The largest absolute Gasteiger partial charge is 0.377 e. The topological polar surface area (TPSA) is 47.0 Å². The van der Waals surface area contributed by atoms with E-state index in [4.69, 9.17) is 4.74 Å². The predicted octanol–water partition coefficient (Wildman–Crippen LogP) is 4.56. The molecule has 1 fully saturated rings. The van der Waals surface area contributed by atoms with Gasteiger partial charge in [-0.05, 0) is 44.7 Å². The summed E-state index contributed by atoms with van der Waals surface area (Å²) >= 11 is 3.35. The Kier molecular flexibility index (Phi) is 5.33. The average molecular weight is 335 g/mol. The first-order valence-corrected chi connectivity index (χ1v) is 9.43. The van der Waals surface area contributed by atoms with Crippen molar-refractivity contribution in [2.24, 2.45) is 0 Å². The number of nitrogens with one attached hydrogen (secondary N) is 1. The van der Waals surface area contributed by atoms with Crippen LogP contribution in [0.4, 0.5) is 10.8 Å². The summed E-state index contributed by atoms with van der Waals surface area (Å²) in [4.78, 5) is 0. The summed E-state index contributed by atoms with van der Waals surface area (Å²) in [6, 6.07) is 6.36. The van der Waals surface area contributed by atoms with Crippen LogP contribution in [-0.2, 0) is 4.74 Å². The molecule has 0 amide bonds. The van der Waals surface area contributed by atoms with Crippen LogP contribution in [0.5, 0.6) is 0 Å². The van der Waals surface area contributed by atoms with E-state index in [2.05, 4.69) is 47.6 Å². The lowest BCUT2D eigenvalue weighted by Gasteiger charge is -2.21. The molecule has 0 spiro atoms. The minimum Gasteiger partial charge on any atom is -0.377 e. The van der Waals surface area contributed by atoms with Crippen LogP contribution in [0.1, 0.15) is 30.4 Å². The van der Waals surface area contributed by atoms with E-state index in [1.54, 1.807) is 23.1 Å². The summed E-state index contributed by atoms with van der Waals surface area (Å²) in [6.45, 7) is 5.11. The Morgan fingerprint density at radius 1 is 1.32 bits per heavy atom. The normalized spacial score (nSPS) is 18.4. The summed E-state index contributed by atoms with van der Waals surface area (Å²) in [7, 11) is 0. The van der Waals surface area contributed by atoms with Crippen molar-refractivity contribution in [2.45, 2.75) is 43.6 Å². The van der Waals surface area contributed by atoms with Gasteiger partial charge in [0.2, 0.25) is 5.13 Å². The molecule has 1 aliphatic heterocycles. The smallest absolute Gasteiger partial charge is 0.210 e. The van der Waals surface area contributed by atoms with Gasteiger partial charge in [-0.1, -0.05) is 40.8 Å². The van der Waals surface area contributed by atoms with Gasteiger partial charge in [0.15, 0.2) is 4.34 Å². The Morgan fingerprint density at radius 3 is 3.00 bits per heavy atom. The number of aromatic nitrogens is 2. The highest BCUT2D eigenvalue weighted by Gasteiger charge is 2.15. The molecule has 0 aliphatic carbocycles. The second-order valence-electron chi connectivity index (χ2n) is 5.62. The summed E-state index contributed by atoms with van der Waals surface area (Å²) in [5.74, 6) is 0.970. The SMILES string of the molecule is Cc1ccc(Nc2nnc(SC[C@@H]3CCCCO3)s2)c(C)c1. The molecule has 1 N–H and O–H groups in total. The fraction of sp³-hybridized carbons (Fsp3) is 0.500. The number of anilines is 2. The van der Waals surface area contributed by atoms with Crippen molar-refractivity contribution >= 4 is 33.9 Å². The van der Waals surface area contributed by atoms with E-state index < -0.39 is 0 Å². The Hall–Kier alpha value is -1.11. The van der Waals surface area contributed by atoms with E-state index in [-0.39, 0.29) is 0 Å². The molecule has 0 saturated carbocycles. The van der Waals surface area contributed by atoms with Gasteiger partial charge in [-0.3, -0.25) is 0 Å². The summed E-state index contributed by atoms with van der Waals surface area (Å²) in [5.41, 5.74) is 3.58. The maximum atomic E-state index is 5.75. The average Bonchev–Trinajstić information content (AvgIpc) is 2.97. The minimum atomic E-state index is 0.374. The Morgan fingerprint density at radius 2 is 2.23 bits per heavy atom. The molecule has 22 heavy (non-hydrogen) atoms. The zero-order valence-corrected chi connectivity index (χ0v) is 14.6. The zero-order valence-electron chi connectivity index (χ0n) is 13.0. The molecule has 0 radical (unpaired) electrons. The van der Waals surface area contributed by atoms with Crippen molar-refractivity contribution in [2.75, 3.05) is 17.7 Å². The monoisotopic (exact) mass is 335 g/mol. The Labute approximate surface area is 139 Å².